The van der Waals surface area contributed by atoms with E-state index in [1.54, 1.807) is 23.2 Å². The number of nitro benzene ring substituents is 1. The minimum Gasteiger partial charge on any atom is -0.308 e. The zero-order valence-corrected chi connectivity index (χ0v) is 13.1. The highest BCUT2D eigenvalue weighted by Gasteiger charge is 2.25. The average molecular weight is 362 g/mol. The minimum atomic E-state index is -0.446. The molecule has 0 fully saturated rings. The Morgan fingerprint density at radius 3 is 2.86 bits per heavy atom. The molecule has 1 aliphatic rings. The zero-order valence-electron chi connectivity index (χ0n) is 11.5. The summed E-state index contributed by atoms with van der Waals surface area (Å²) < 4.78 is 0.717. The predicted octanol–water partition coefficient (Wildman–Crippen LogP) is 3.35. The SMILES string of the molecule is O=C(c1cncc(Br)c1)N1CCCc2ccc([N+](=O)[O-])cc21. The summed E-state index contributed by atoms with van der Waals surface area (Å²) in [6.07, 6.45) is 4.75. The van der Waals surface area contributed by atoms with Crippen LogP contribution < -0.4 is 4.90 Å². The Hall–Kier alpha value is -2.28. The maximum Gasteiger partial charge on any atom is 0.271 e. The molecule has 0 aliphatic carbocycles. The number of hydrogen-bond acceptors (Lipinski definition) is 4. The molecule has 1 aromatic heterocycles. The number of aromatic nitrogens is 1. The van der Waals surface area contributed by atoms with Crippen molar-refractivity contribution in [1.29, 1.82) is 0 Å². The summed E-state index contributed by atoms with van der Waals surface area (Å²) in [6, 6.07) is 6.37. The van der Waals surface area contributed by atoms with Gasteiger partial charge in [-0.2, -0.15) is 0 Å². The fourth-order valence-electron chi connectivity index (χ4n) is 2.57. The molecular formula is C15H12BrN3O3. The highest BCUT2D eigenvalue weighted by Crippen LogP contribution is 2.32. The Bertz CT molecular complexity index is 763. The number of carbonyl (C=O) groups is 1. The third kappa shape index (κ3) is 2.71. The highest BCUT2D eigenvalue weighted by molar-refractivity contribution is 9.10. The Kier molecular flexibility index (Phi) is 3.89. The fourth-order valence-corrected chi connectivity index (χ4v) is 2.94. The zero-order chi connectivity index (χ0) is 15.7. The van der Waals surface area contributed by atoms with Gasteiger partial charge in [-0.3, -0.25) is 19.9 Å². The standard InChI is InChI=1S/C15H12BrN3O3/c16-12-6-11(8-17-9-12)15(20)18-5-1-2-10-3-4-13(19(21)22)7-14(10)18/h3-4,6-9H,1-2,5H2. The van der Waals surface area contributed by atoms with Crippen molar-refractivity contribution in [2.45, 2.75) is 12.8 Å². The van der Waals surface area contributed by atoms with Gasteiger partial charge in [-0.1, -0.05) is 6.07 Å². The van der Waals surface area contributed by atoms with Crippen LogP contribution in [0.1, 0.15) is 22.3 Å². The molecule has 0 saturated carbocycles. The molecule has 0 spiro atoms. The summed E-state index contributed by atoms with van der Waals surface area (Å²) in [4.78, 5) is 28.8. The molecule has 0 atom stereocenters. The molecule has 0 saturated heterocycles. The van der Waals surface area contributed by atoms with E-state index in [1.807, 2.05) is 0 Å². The number of halogens is 1. The molecule has 2 aromatic rings. The molecule has 1 amide bonds. The fraction of sp³-hybridized carbons (Fsp3) is 0.200. The third-order valence-electron chi connectivity index (χ3n) is 3.60. The van der Waals surface area contributed by atoms with Crippen LogP contribution in [0.15, 0.2) is 41.1 Å². The van der Waals surface area contributed by atoms with Gasteiger partial charge >= 0.3 is 0 Å². The van der Waals surface area contributed by atoms with Crippen molar-refractivity contribution in [3.05, 3.63) is 62.4 Å². The number of pyridine rings is 1. The molecule has 112 valence electrons. The normalized spacial score (nSPS) is 13.6. The first-order valence-corrected chi connectivity index (χ1v) is 7.55. The maximum atomic E-state index is 12.7. The number of nitrogens with zero attached hydrogens (tertiary/aromatic N) is 3. The Morgan fingerprint density at radius 2 is 2.14 bits per heavy atom. The van der Waals surface area contributed by atoms with Gasteiger partial charge < -0.3 is 4.90 Å². The van der Waals surface area contributed by atoms with Crippen LogP contribution in [0, 0.1) is 10.1 Å². The number of rotatable bonds is 2. The Balaban J connectivity index is 2.02. The van der Waals surface area contributed by atoms with E-state index in [2.05, 4.69) is 20.9 Å². The molecule has 0 radical (unpaired) electrons. The molecule has 0 N–H and O–H groups in total. The lowest BCUT2D eigenvalue weighted by Crippen LogP contribution is -2.35. The number of amides is 1. The van der Waals surface area contributed by atoms with E-state index in [9.17, 15) is 14.9 Å². The number of carbonyl (C=O) groups excluding carboxylic acids is 1. The highest BCUT2D eigenvalue weighted by atomic mass is 79.9. The summed E-state index contributed by atoms with van der Waals surface area (Å²) >= 11 is 3.29. The van der Waals surface area contributed by atoms with E-state index in [0.717, 1.165) is 22.9 Å². The second kappa shape index (κ2) is 5.84. The first-order valence-electron chi connectivity index (χ1n) is 6.76. The Morgan fingerprint density at radius 1 is 1.32 bits per heavy atom. The summed E-state index contributed by atoms with van der Waals surface area (Å²) in [5.41, 5.74) is 2.01. The van der Waals surface area contributed by atoms with Gasteiger partial charge in [0.15, 0.2) is 0 Å². The van der Waals surface area contributed by atoms with Gasteiger partial charge in [0.05, 0.1) is 16.2 Å². The van der Waals surface area contributed by atoms with Crippen molar-refractivity contribution >= 4 is 33.2 Å². The lowest BCUT2D eigenvalue weighted by atomic mass is 10.0. The topological polar surface area (TPSA) is 76.3 Å². The second-order valence-corrected chi connectivity index (χ2v) is 5.94. The lowest BCUT2D eigenvalue weighted by molar-refractivity contribution is -0.384. The summed E-state index contributed by atoms with van der Waals surface area (Å²) in [7, 11) is 0. The van der Waals surface area contributed by atoms with Gasteiger partial charge in [0.25, 0.3) is 11.6 Å². The van der Waals surface area contributed by atoms with Crippen molar-refractivity contribution in [2.75, 3.05) is 11.4 Å². The van der Waals surface area contributed by atoms with Gasteiger partial charge in [0.2, 0.25) is 0 Å². The molecule has 1 aliphatic heterocycles. The maximum absolute atomic E-state index is 12.7. The van der Waals surface area contributed by atoms with Crippen LogP contribution in [0.4, 0.5) is 11.4 Å². The summed E-state index contributed by atoms with van der Waals surface area (Å²) in [6.45, 7) is 0.541. The van der Waals surface area contributed by atoms with Crippen molar-refractivity contribution in [3.8, 4) is 0 Å². The van der Waals surface area contributed by atoms with Crippen molar-refractivity contribution in [3.63, 3.8) is 0 Å². The second-order valence-electron chi connectivity index (χ2n) is 5.02. The van der Waals surface area contributed by atoms with Crippen molar-refractivity contribution in [2.24, 2.45) is 0 Å². The van der Waals surface area contributed by atoms with E-state index in [1.165, 1.54) is 18.3 Å². The molecule has 1 aromatic carbocycles. The van der Waals surface area contributed by atoms with Gasteiger partial charge in [-0.25, -0.2) is 0 Å². The smallest absolute Gasteiger partial charge is 0.271 e. The number of aryl methyl sites for hydroxylation is 1. The van der Waals surface area contributed by atoms with E-state index in [-0.39, 0.29) is 11.6 Å². The first-order chi connectivity index (χ1) is 10.6. The minimum absolute atomic E-state index is 0.00850. The molecule has 2 heterocycles. The molecule has 7 heteroatoms. The number of anilines is 1. The van der Waals surface area contributed by atoms with E-state index >= 15 is 0 Å². The van der Waals surface area contributed by atoms with E-state index in [4.69, 9.17) is 0 Å². The number of hydrogen-bond donors (Lipinski definition) is 0. The number of non-ortho nitro benzene ring substituents is 1. The number of fused-ring (bicyclic) bond motifs is 1. The summed E-state index contributed by atoms with van der Waals surface area (Å²) in [5.74, 6) is -0.199. The van der Waals surface area contributed by atoms with Gasteiger partial charge in [-0.15, -0.1) is 0 Å². The molecule has 0 bridgehead atoms. The van der Waals surface area contributed by atoms with Gasteiger partial charge in [-0.05, 0) is 40.4 Å². The van der Waals surface area contributed by atoms with Gasteiger partial charge in [0.1, 0.15) is 0 Å². The van der Waals surface area contributed by atoms with Crippen LogP contribution in [0.5, 0.6) is 0 Å². The largest absolute Gasteiger partial charge is 0.308 e. The van der Waals surface area contributed by atoms with Crippen LogP contribution >= 0.6 is 15.9 Å². The quantitative estimate of drug-likeness (QED) is 0.607. The van der Waals surface area contributed by atoms with Crippen LogP contribution in [0.2, 0.25) is 0 Å². The number of nitro groups is 1. The summed E-state index contributed by atoms with van der Waals surface area (Å²) in [5, 5.41) is 11.0. The van der Waals surface area contributed by atoms with E-state index < -0.39 is 4.92 Å². The van der Waals surface area contributed by atoms with Gasteiger partial charge in [0, 0.05) is 35.5 Å². The molecular weight excluding hydrogens is 350 g/mol. The Labute approximate surface area is 135 Å². The first kappa shape index (κ1) is 14.6. The average Bonchev–Trinajstić information content (AvgIpc) is 2.53. The molecule has 0 unspecified atom stereocenters. The predicted molar refractivity (Wildman–Crippen MR) is 85.0 cm³/mol. The molecule has 6 nitrogen and oxygen atoms in total. The van der Waals surface area contributed by atoms with Crippen LogP contribution in [0.3, 0.4) is 0 Å². The van der Waals surface area contributed by atoms with Crippen LogP contribution in [-0.4, -0.2) is 22.4 Å². The van der Waals surface area contributed by atoms with Crippen LogP contribution in [-0.2, 0) is 6.42 Å². The molecule has 3 rings (SSSR count). The van der Waals surface area contributed by atoms with Crippen molar-refractivity contribution in [1.82, 2.24) is 4.98 Å². The molecule has 22 heavy (non-hydrogen) atoms. The number of benzene rings is 1. The lowest BCUT2D eigenvalue weighted by Gasteiger charge is -2.29. The van der Waals surface area contributed by atoms with Crippen LogP contribution in [0.25, 0.3) is 0 Å². The monoisotopic (exact) mass is 361 g/mol. The van der Waals surface area contributed by atoms with Crippen molar-refractivity contribution < 1.29 is 9.72 Å². The third-order valence-corrected chi connectivity index (χ3v) is 4.03. The van der Waals surface area contributed by atoms with E-state index in [0.29, 0.717) is 17.8 Å².